The second-order valence-electron chi connectivity index (χ2n) is 11.1. The van der Waals surface area contributed by atoms with E-state index in [2.05, 4.69) is 130 Å². The number of hydrogen-bond acceptors (Lipinski definition) is 3. The summed E-state index contributed by atoms with van der Waals surface area (Å²) in [6, 6.07) is 17.4. The normalized spacial score (nSPS) is 18.9. The molecule has 1 unspecified atom stereocenters. The zero-order valence-electron chi connectivity index (χ0n) is 23.5. The summed E-state index contributed by atoms with van der Waals surface area (Å²) in [4.78, 5) is 3.70. The van der Waals surface area contributed by atoms with E-state index < -0.39 is 0 Å². The summed E-state index contributed by atoms with van der Waals surface area (Å²) >= 11 is 3.71. The molecule has 0 saturated heterocycles. The van der Waals surface area contributed by atoms with Gasteiger partial charge in [0.05, 0.1) is 5.69 Å². The zero-order valence-corrected chi connectivity index (χ0v) is 25.2. The number of anilines is 1. The van der Waals surface area contributed by atoms with Crippen molar-refractivity contribution in [3.05, 3.63) is 99.2 Å². The number of allylic oxidation sites excluding steroid dienone is 6. The van der Waals surface area contributed by atoms with E-state index in [-0.39, 0.29) is 5.41 Å². The lowest BCUT2D eigenvalue weighted by Crippen LogP contribution is -2.33. The molecule has 1 aliphatic carbocycles. The topological polar surface area (TPSA) is 7.12 Å². The summed E-state index contributed by atoms with van der Waals surface area (Å²) in [5.41, 5.74) is 10.9. The number of rotatable bonds is 6. The van der Waals surface area contributed by atoms with Gasteiger partial charge in [-0.05, 0) is 74.4 Å². The smallest absolute Gasteiger partial charge is 0.262 e. The van der Waals surface area contributed by atoms with E-state index in [1.807, 2.05) is 23.1 Å². The van der Waals surface area contributed by atoms with Gasteiger partial charge in [-0.3, -0.25) is 0 Å². The Hall–Kier alpha value is -2.78. The van der Waals surface area contributed by atoms with E-state index in [0.717, 1.165) is 25.9 Å². The molecule has 2 aliphatic rings. The molecule has 0 N–H and O–H groups in total. The lowest BCUT2D eigenvalue weighted by atomic mass is 9.71. The Kier molecular flexibility index (Phi) is 7.86. The first-order valence-corrected chi connectivity index (χ1v) is 15.4. The van der Waals surface area contributed by atoms with Crippen LogP contribution in [0.15, 0.2) is 99.1 Å². The van der Waals surface area contributed by atoms with E-state index in [4.69, 9.17) is 0 Å². The fraction of sp³-hybridized carbons (Fsp3) is 0.353. The first-order chi connectivity index (χ1) is 18.3. The molecule has 38 heavy (non-hydrogen) atoms. The summed E-state index contributed by atoms with van der Waals surface area (Å²) in [5, 5.41) is 2.52. The lowest BCUT2D eigenvalue weighted by molar-refractivity contribution is -0.665. The van der Waals surface area contributed by atoms with Crippen molar-refractivity contribution in [3.63, 3.8) is 0 Å². The fourth-order valence-electron chi connectivity index (χ4n) is 5.57. The van der Waals surface area contributed by atoms with Crippen LogP contribution in [0.1, 0.15) is 59.4 Å². The van der Waals surface area contributed by atoms with Crippen LogP contribution < -0.4 is 9.47 Å². The van der Waals surface area contributed by atoms with Crippen molar-refractivity contribution in [1.29, 1.82) is 0 Å². The van der Waals surface area contributed by atoms with Crippen LogP contribution in [-0.2, 0) is 6.54 Å². The molecule has 0 radical (unpaired) electrons. The SMILES string of the molecule is CCN1C(=C=CC(C)C2=C/C(=C(C)\C=C\c3sc4ccccc4[n+]3CC)CC(C)(C)C2)Sc2ccccc21. The molecule has 196 valence electrons. The molecular weight excluding hydrogens is 501 g/mol. The highest BCUT2D eigenvalue weighted by molar-refractivity contribution is 8.03. The number of aryl methyl sites for hydroxylation is 1. The summed E-state index contributed by atoms with van der Waals surface area (Å²) in [7, 11) is 0. The molecule has 0 fully saturated rings. The number of fused-ring (bicyclic) bond motifs is 2. The van der Waals surface area contributed by atoms with Crippen LogP contribution in [0.3, 0.4) is 0 Å². The summed E-state index contributed by atoms with van der Waals surface area (Å²) in [6.45, 7) is 15.8. The molecule has 1 aliphatic heterocycles. The average molecular weight is 540 g/mol. The van der Waals surface area contributed by atoms with Crippen molar-refractivity contribution in [2.75, 3.05) is 11.4 Å². The molecule has 5 rings (SSSR count). The fourth-order valence-corrected chi connectivity index (χ4v) is 7.80. The highest BCUT2D eigenvalue weighted by Crippen LogP contribution is 2.45. The van der Waals surface area contributed by atoms with E-state index in [9.17, 15) is 0 Å². The maximum absolute atomic E-state index is 3.68. The lowest BCUT2D eigenvalue weighted by Gasteiger charge is -2.33. The van der Waals surface area contributed by atoms with E-state index >= 15 is 0 Å². The number of nitrogens with zero attached hydrogens (tertiary/aromatic N) is 2. The van der Waals surface area contributed by atoms with Crippen molar-refractivity contribution in [2.24, 2.45) is 11.3 Å². The second-order valence-corrected chi connectivity index (χ2v) is 13.2. The van der Waals surface area contributed by atoms with E-state index in [0.29, 0.717) is 5.92 Å². The van der Waals surface area contributed by atoms with Gasteiger partial charge in [-0.15, -0.1) is 0 Å². The van der Waals surface area contributed by atoms with Gasteiger partial charge < -0.3 is 4.90 Å². The maximum Gasteiger partial charge on any atom is 0.262 e. The minimum absolute atomic E-state index is 0.249. The Morgan fingerprint density at radius 1 is 1.11 bits per heavy atom. The van der Waals surface area contributed by atoms with Gasteiger partial charge >= 0.3 is 0 Å². The van der Waals surface area contributed by atoms with Gasteiger partial charge in [-0.25, -0.2) is 0 Å². The van der Waals surface area contributed by atoms with Gasteiger partial charge in [0.15, 0.2) is 0 Å². The van der Waals surface area contributed by atoms with Gasteiger partial charge in [0.1, 0.15) is 16.3 Å². The van der Waals surface area contributed by atoms with Crippen LogP contribution in [0.4, 0.5) is 5.69 Å². The molecule has 4 heteroatoms. The molecular formula is C34H39N2S2+. The monoisotopic (exact) mass is 539 g/mol. The maximum atomic E-state index is 3.68. The van der Waals surface area contributed by atoms with Crippen molar-refractivity contribution >= 4 is 45.1 Å². The minimum Gasteiger partial charge on any atom is -0.329 e. The molecule has 1 aromatic heterocycles. The molecule has 2 heterocycles. The summed E-state index contributed by atoms with van der Waals surface area (Å²) in [5.74, 6) is 0.349. The van der Waals surface area contributed by atoms with Crippen LogP contribution in [0.5, 0.6) is 0 Å². The molecule has 0 amide bonds. The predicted molar refractivity (Wildman–Crippen MR) is 167 cm³/mol. The molecule has 0 spiro atoms. The third kappa shape index (κ3) is 5.50. The Morgan fingerprint density at radius 2 is 1.87 bits per heavy atom. The summed E-state index contributed by atoms with van der Waals surface area (Å²) < 4.78 is 3.76. The van der Waals surface area contributed by atoms with Gasteiger partial charge in [0, 0.05) is 29.5 Å². The number of benzene rings is 2. The van der Waals surface area contributed by atoms with Gasteiger partial charge in [0.2, 0.25) is 5.52 Å². The third-order valence-electron chi connectivity index (χ3n) is 7.61. The van der Waals surface area contributed by atoms with E-state index in [1.54, 1.807) is 0 Å². The molecule has 1 atom stereocenters. The molecule has 0 bridgehead atoms. The summed E-state index contributed by atoms with van der Waals surface area (Å²) in [6.07, 6.45) is 11.6. The van der Waals surface area contributed by atoms with Crippen LogP contribution >= 0.6 is 23.1 Å². The van der Waals surface area contributed by atoms with Gasteiger partial charge in [0.25, 0.3) is 5.01 Å². The van der Waals surface area contributed by atoms with Crippen LogP contribution in [0, 0.1) is 11.3 Å². The number of hydrogen-bond donors (Lipinski definition) is 0. The van der Waals surface area contributed by atoms with E-state index in [1.165, 1.54) is 47.6 Å². The molecule has 0 saturated carbocycles. The Balaban J connectivity index is 1.43. The van der Waals surface area contributed by atoms with Crippen LogP contribution in [0.2, 0.25) is 0 Å². The predicted octanol–water partition coefficient (Wildman–Crippen LogP) is 9.55. The van der Waals surface area contributed by atoms with Crippen molar-refractivity contribution < 1.29 is 4.57 Å². The first kappa shape index (κ1) is 26.8. The van der Waals surface area contributed by atoms with Gasteiger partial charge in [-0.1, -0.05) is 91.6 Å². The molecule has 2 nitrogen and oxygen atoms in total. The number of thioether (sulfide) groups is 1. The van der Waals surface area contributed by atoms with Gasteiger partial charge in [-0.2, -0.15) is 4.57 Å². The van der Waals surface area contributed by atoms with Crippen LogP contribution in [0.25, 0.3) is 16.3 Å². The Bertz CT molecular complexity index is 1510. The average Bonchev–Trinajstić information content (AvgIpc) is 3.46. The third-order valence-corrected chi connectivity index (χ3v) is 9.84. The minimum atomic E-state index is 0.249. The largest absolute Gasteiger partial charge is 0.329 e. The van der Waals surface area contributed by atoms with Crippen molar-refractivity contribution in [1.82, 2.24) is 0 Å². The first-order valence-electron chi connectivity index (χ1n) is 13.8. The quantitative estimate of drug-likeness (QED) is 0.227. The highest BCUT2D eigenvalue weighted by atomic mass is 32.2. The Morgan fingerprint density at radius 3 is 2.66 bits per heavy atom. The number of thiazole rings is 1. The molecule has 3 aromatic rings. The zero-order chi connectivity index (χ0) is 26.9. The molecule has 2 aromatic carbocycles. The highest BCUT2D eigenvalue weighted by Gasteiger charge is 2.28. The Labute approximate surface area is 236 Å². The number of aromatic nitrogens is 1. The standard InChI is InChI=1S/C34H39N2S2/c1-7-35-28-13-9-11-15-30(28)37-32(35)19-17-24(3)26-21-27(23-34(5,6)22-26)25(4)18-20-33-36(8-2)29-14-10-12-16-31(29)38-33/h9-19,21,25H,7-8,22-23H2,1-6H3/q+1/b19-17+,26-24+. The number of para-hydroxylation sites is 2. The van der Waals surface area contributed by atoms with Crippen LogP contribution in [-0.4, -0.2) is 6.54 Å². The van der Waals surface area contributed by atoms with Crippen molar-refractivity contribution in [3.8, 4) is 0 Å². The van der Waals surface area contributed by atoms with Crippen molar-refractivity contribution in [2.45, 2.75) is 65.8 Å². The second kappa shape index (κ2) is 11.1.